The second-order valence-electron chi connectivity index (χ2n) is 12.1. The summed E-state index contributed by atoms with van der Waals surface area (Å²) >= 11 is 0. The van der Waals surface area contributed by atoms with Crippen molar-refractivity contribution in [3.63, 3.8) is 0 Å². The molecule has 1 spiro atoms. The molecular formula is C43H27N. The van der Waals surface area contributed by atoms with Crippen molar-refractivity contribution in [3.8, 4) is 39.1 Å². The van der Waals surface area contributed by atoms with Gasteiger partial charge in [0, 0.05) is 16.5 Å². The molecule has 10 rings (SSSR count). The average Bonchev–Trinajstić information content (AvgIpc) is 3.70. The quantitative estimate of drug-likeness (QED) is 0.199. The number of aromatic nitrogens is 1. The largest absolute Gasteiger partial charge is 0.309 e. The second-order valence-corrected chi connectivity index (χ2v) is 12.1. The first-order valence-electron chi connectivity index (χ1n) is 15.4. The van der Waals surface area contributed by atoms with Gasteiger partial charge in [0.1, 0.15) is 0 Å². The van der Waals surface area contributed by atoms with Crippen molar-refractivity contribution in [1.82, 2.24) is 4.57 Å². The standard InChI is InChI=1S/C43H27N/c1-6-19-37-31(14-1)32-15-2-7-20-38(32)43(37)39-21-8-3-16-33(39)34-25-24-29(27-40(34)43)28-12-11-13-30(26-28)44-41-22-9-4-17-35(41)36-18-5-10-23-42(36)44/h1-27H. The van der Waals surface area contributed by atoms with Crippen LogP contribution in [0.1, 0.15) is 22.3 Å². The summed E-state index contributed by atoms with van der Waals surface area (Å²) in [6.07, 6.45) is 0. The Hall–Kier alpha value is -5.66. The summed E-state index contributed by atoms with van der Waals surface area (Å²) in [4.78, 5) is 0. The van der Waals surface area contributed by atoms with E-state index in [0.717, 1.165) is 0 Å². The lowest BCUT2D eigenvalue weighted by atomic mass is 9.70. The molecule has 1 nitrogen and oxygen atoms in total. The predicted octanol–water partition coefficient (Wildman–Crippen LogP) is 10.8. The molecule has 2 aliphatic rings. The molecule has 1 heteroatoms. The van der Waals surface area contributed by atoms with E-state index in [0.29, 0.717) is 0 Å². The molecule has 7 aromatic carbocycles. The van der Waals surface area contributed by atoms with Crippen molar-refractivity contribution in [2.24, 2.45) is 0 Å². The van der Waals surface area contributed by atoms with Crippen molar-refractivity contribution in [1.29, 1.82) is 0 Å². The second kappa shape index (κ2) is 8.69. The molecule has 0 amide bonds. The monoisotopic (exact) mass is 557 g/mol. The van der Waals surface area contributed by atoms with Crippen LogP contribution in [0.4, 0.5) is 0 Å². The van der Waals surface area contributed by atoms with E-state index >= 15 is 0 Å². The summed E-state index contributed by atoms with van der Waals surface area (Å²) in [6, 6.07) is 60.7. The average molecular weight is 558 g/mol. The van der Waals surface area contributed by atoms with E-state index in [2.05, 4.69) is 168 Å². The fourth-order valence-electron chi connectivity index (χ4n) is 8.30. The lowest BCUT2D eigenvalue weighted by Crippen LogP contribution is -2.25. The van der Waals surface area contributed by atoms with E-state index in [-0.39, 0.29) is 5.41 Å². The van der Waals surface area contributed by atoms with Gasteiger partial charge in [0.2, 0.25) is 0 Å². The smallest absolute Gasteiger partial charge is 0.0725 e. The normalized spacial score (nSPS) is 13.6. The number of rotatable bonds is 2. The molecule has 0 atom stereocenters. The van der Waals surface area contributed by atoms with E-state index in [1.807, 2.05) is 0 Å². The Morgan fingerprint density at radius 3 is 1.41 bits per heavy atom. The molecule has 0 bridgehead atoms. The van der Waals surface area contributed by atoms with Crippen LogP contribution in [0.25, 0.3) is 60.9 Å². The summed E-state index contributed by atoms with van der Waals surface area (Å²) < 4.78 is 2.41. The molecule has 0 aliphatic heterocycles. The maximum Gasteiger partial charge on any atom is 0.0725 e. The molecule has 0 fully saturated rings. The van der Waals surface area contributed by atoms with Crippen molar-refractivity contribution in [2.45, 2.75) is 5.41 Å². The van der Waals surface area contributed by atoms with Crippen molar-refractivity contribution < 1.29 is 0 Å². The first kappa shape index (κ1) is 23.9. The molecule has 0 radical (unpaired) electrons. The molecule has 2 aliphatic carbocycles. The van der Waals surface area contributed by atoms with Gasteiger partial charge in [0.05, 0.1) is 16.4 Å². The Labute approximate surface area is 256 Å². The van der Waals surface area contributed by atoms with Gasteiger partial charge >= 0.3 is 0 Å². The van der Waals surface area contributed by atoms with E-state index in [4.69, 9.17) is 0 Å². The maximum absolute atomic E-state index is 2.47. The van der Waals surface area contributed by atoms with E-state index in [9.17, 15) is 0 Å². The van der Waals surface area contributed by atoms with Gasteiger partial charge < -0.3 is 4.57 Å². The van der Waals surface area contributed by atoms with E-state index in [1.165, 1.54) is 83.1 Å². The highest BCUT2D eigenvalue weighted by Gasteiger charge is 2.51. The van der Waals surface area contributed by atoms with Gasteiger partial charge in [-0.3, -0.25) is 0 Å². The Balaban J connectivity index is 1.22. The number of nitrogens with zero attached hydrogens (tertiary/aromatic N) is 1. The summed E-state index contributed by atoms with van der Waals surface area (Å²) in [7, 11) is 0. The minimum Gasteiger partial charge on any atom is -0.309 e. The predicted molar refractivity (Wildman–Crippen MR) is 183 cm³/mol. The zero-order chi connectivity index (χ0) is 28.8. The molecule has 0 N–H and O–H groups in total. The third-order valence-electron chi connectivity index (χ3n) is 10.0. The number of hydrogen-bond donors (Lipinski definition) is 0. The number of fused-ring (bicyclic) bond motifs is 13. The first-order valence-corrected chi connectivity index (χ1v) is 15.4. The van der Waals surface area contributed by atoms with Crippen LogP contribution in [0.5, 0.6) is 0 Å². The number of benzene rings is 7. The van der Waals surface area contributed by atoms with E-state index < -0.39 is 0 Å². The molecule has 1 heterocycles. The van der Waals surface area contributed by atoms with Gasteiger partial charge in [-0.25, -0.2) is 0 Å². The Morgan fingerprint density at radius 2 is 0.818 bits per heavy atom. The third-order valence-corrected chi connectivity index (χ3v) is 10.0. The van der Waals surface area contributed by atoms with Gasteiger partial charge in [-0.05, 0) is 86.0 Å². The molecule has 1 aromatic heterocycles. The zero-order valence-corrected chi connectivity index (χ0v) is 24.0. The highest BCUT2D eigenvalue weighted by Crippen LogP contribution is 2.63. The Morgan fingerprint density at radius 1 is 0.341 bits per heavy atom. The lowest BCUT2D eigenvalue weighted by Gasteiger charge is -2.30. The molecule has 0 saturated heterocycles. The molecule has 0 saturated carbocycles. The van der Waals surface area contributed by atoms with Gasteiger partial charge in [0.25, 0.3) is 0 Å². The van der Waals surface area contributed by atoms with Gasteiger partial charge in [-0.1, -0.05) is 133 Å². The fourth-order valence-corrected chi connectivity index (χ4v) is 8.30. The summed E-state index contributed by atoms with van der Waals surface area (Å²) in [6.45, 7) is 0. The van der Waals surface area contributed by atoms with Crippen LogP contribution >= 0.6 is 0 Å². The van der Waals surface area contributed by atoms with Gasteiger partial charge in [0.15, 0.2) is 0 Å². The van der Waals surface area contributed by atoms with Crippen LogP contribution in [0.2, 0.25) is 0 Å². The Bertz CT molecular complexity index is 2340. The van der Waals surface area contributed by atoms with E-state index in [1.54, 1.807) is 0 Å². The highest BCUT2D eigenvalue weighted by atomic mass is 15.0. The fraction of sp³-hybridized carbons (Fsp3) is 0.0233. The minimum absolute atomic E-state index is 0.334. The highest BCUT2D eigenvalue weighted by molar-refractivity contribution is 6.09. The lowest BCUT2D eigenvalue weighted by molar-refractivity contribution is 0.794. The number of hydrogen-bond acceptors (Lipinski definition) is 0. The van der Waals surface area contributed by atoms with Gasteiger partial charge in [-0.15, -0.1) is 0 Å². The van der Waals surface area contributed by atoms with Crippen LogP contribution in [0, 0.1) is 0 Å². The summed E-state index contributed by atoms with van der Waals surface area (Å²) in [5, 5.41) is 2.56. The summed E-state index contributed by atoms with van der Waals surface area (Å²) in [5.41, 5.74) is 16.6. The molecule has 44 heavy (non-hydrogen) atoms. The molecule has 204 valence electrons. The third kappa shape index (κ3) is 2.94. The first-order chi connectivity index (χ1) is 21.8. The van der Waals surface area contributed by atoms with Crippen LogP contribution in [-0.2, 0) is 5.41 Å². The zero-order valence-electron chi connectivity index (χ0n) is 24.0. The summed E-state index contributed by atoms with van der Waals surface area (Å²) in [5.74, 6) is 0. The van der Waals surface area contributed by atoms with Crippen molar-refractivity contribution >= 4 is 21.8 Å². The topological polar surface area (TPSA) is 4.93 Å². The SMILES string of the molecule is c1cc(-c2ccc3c(c2)C2(c4ccccc4-c4ccccc42)c2ccccc2-3)cc(-n2c3ccccc3c3ccccc32)c1. The van der Waals surface area contributed by atoms with Crippen molar-refractivity contribution in [2.75, 3.05) is 0 Å². The van der Waals surface area contributed by atoms with Crippen molar-refractivity contribution in [3.05, 3.63) is 186 Å². The minimum atomic E-state index is -0.334. The van der Waals surface area contributed by atoms with Gasteiger partial charge in [-0.2, -0.15) is 0 Å². The van der Waals surface area contributed by atoms with Crippen LogP contribution in [-0.4, -0.2) is 4.57 Å². The molecule has 8 aromatic rings. The number of para-hydroxylation sites is 2. The van der Waals surface area contributed by atoms with Crippen LogP contribution in [0.15, 0.2) is 164 Å². The van der Waals surface area contributed by atoms with Crippen LogP contribution < -0.4 is 0 Å². The molecular weight excluding hydrogens is 530 g/mol. The Kier molecular flexibility index (Phi) is 4.71. The maximum atomic E-state index is 2.47. The molecule has 0 unspecified atom stereocenters. The van der Waals surface area contributed by atoms with Crippen LogP contribution in [0.3, 0.4) is 0 Å².